The predicted molar refractivity (Wildman–Crippen MR) is 90.7 cm³/mol. The molecule has 0 saturated heterocycles. The van der Waals surface area contributed by atoms with E-state index in [1.165, 1.54) is 43.5 Å². The molecular weight excluding hydrogens is 256 g/mol. The van der Waals surface area contributed by atoms with E-state index in [2.05, 4.69) is 55.3 Å². The first-order valence-corrected chi connectivity index (χ1v) is 8.60. The number of hydrogen-bond acceptors (Lipinski definition) is 2. The fourth-order valence-corrected chi connectivity index (χ4v) is 3.84. The molecule has 3 rings (SSSR count). The number of benzene rings is 1. The van der Waals surface area contributed by atoms with Gasteiger partial charge in [-0.05, 0) is 35.8 Å². The van der Waals surface area contributed by atoms with E-state index in [0.29, 0.717) is 11.5 Å². The van der Waals surface area contributed by atoms with Crippen LogP contribution < -0.4 is 10.2 Å². The Balaban J connectivity index is 1.84. The molecule has 1 aromatic carbocycles. The van der Waals surface area contributed by atoms with E-state index in [-0.39, 0.29) is 0 Å². The Morgan fingerprint density at radius 1 is 1.14 bits per heavy atom. The average Bonchev–Trinajstić information content (AvgIpc) is 2.86. The van der Waals surface area contributed by atoms with Crippen LogP contribution in [-0.4, -0.2) is 19.1 Å². The summed E-state index contributed by atoms with van der Waals surface area (Å²) in [5.41, 5.74) is 3.22. The van der Waals surface area contributed by atoms with Gasteiger partial charge in [0.25, 0.3) is 0 Å². The molecule has 1 aliphatic carbocycles. The Morgan fingerprint density at radius 3 is 2.57 bits per heavy atom. The summed E-state index contributed by atoms with van der Waals surface area (Å²) in [7, 11) is 0. The van der Waals surface area contributed by atoms with Gasteiger partial charge in [0.2, 0.25) is 0 Å². The molecule has 1 fully saturated rings. The van der Waals surface area contributed by atoms with E-state index in [1.807, 2.05) is 0 Å². The summed E-state index contributed by atoms with van der Waals surface area (Å²) in [4.78, 5) is 2.67. The molecule has 1 N–H and O–H groups in total. The lowest BCUT2D eigenvalue weighted by atomic mass is 9.86. The molecule has 0 bridgehead atoms. The molecule has 21 heavy (non-hydrogen) atoms. The van der Waals surface area contributed by atoms with Crippen LogP contribution in [0.3, 0.4) is 0 Å². The number of anilines is 1. The zero-order chi connectivity index (χ0) is 14.9. The molecule has 2 nitrogen and oxygen atoms in total. The SMILES string of the molecule is CC(C)(C)C1CN(CC2CCCC2)c2ccccc2CN1. The molecule has 0 spiro atoms. The molecule has 1 saturated carbocycles. The summed E-state index contributed by atoms with van der Waals surface area (Å²) in [5, 5.41) is 3.79. The van der Waals surface area contributed by atoms with Gasteiger partial charge in [-0.3, -0.25) is 0 Å². The van der Waals surface area contributed by atoms with Crippen molar-refractivity contribution in [3.05, 3.63) is 29.8 Å². The first kappa shape index (κ1) is 14.9. The Labute approximate surface area is 129 Å². The van der Waals surface area contributed by atoms with Crippen molar-refractivity contribution < 1.29 is 0 Å². The van der Waals surface area contributed by atoms with E-state index in [4.69, 9.17) is 0 Å². The maximum atomic E-state index is 3.79. The van der Waals surface area contributed by atoms with Crippen LogP contribution in [-0.2, 0) is 6.54 Å². The molecule has 2 heteroatoms. The zero-order valence-corrected chi connectivity index (χ0v) is 13.9. The minimum atomic E-state index is 0.302. The van der Waals surface area contributed by atoms with Crippen molar-refractivity contribution in [3.8, 4) is 0 Å². The van der Waals surface area contributed by atoms with Crippen LogP contribution in [0.2, 0.25) is 0 Å². The lowest BCUT2D eigenvalue weighted by Gasteiger charge is -2.36. The molecule has 1 atom stereocenters. The van der Waals surface area contributed by atoms with E-state index in [0.717, 1.165) is 19.0 Å². The first-order valence-electron chi connectivity index (χ1n) is 8.60. The molecule has 0 amide bonds. The second-order valence-corrected chi connectivity index (χ2v) is 7.98. The van der Waals surface area contributed by atoms with Crippen molar-refractivity contribution in [1.82, 2.24) is 5.32 Å². The van der Waals surface area contributed by atoms with Crippen LogP contribution in [0.25, 0.3) is 0 Å². The number of hydrogen-bond donors (Lipinski definition) is 1. The monoisotopic (exact) mass is 286 g/mol. The maximum Gasteiger partial charge on any atom is 0.0412 e. The molecule has 0 aromatic heterocycles. The van der Waals surface area contributed by atoms with E-state index < -0.39 is 0 Å². The Bertz CT molecular complexity index is 469. The Hall–Kier alpha value is -1.02. The van der Waals surface area contributed by atoms with Gasteiger partial charge in [0, 0.05) is 31.4 Å². The van der Waals surface area contributed by atoms with Gasteiger partial charge >= 0.3 is 0 Å². The standard InChI is InChI=1S/C19H30N2/c1-19(2,3)18-14-21(13-15-8-4-5-9-15)17-11-7-6-10-16(17)12-20-18/h6-7,10-11,15,18,20H,4-5,8-9,12-14H2,1-3H3. The number of rotatable bonds is 2. The predicted octanol–water partition coefficient (Wildman–Crippen LogP) is 4.20. The molecule has 116 valence electrons. The van der Waals surface area contributed by atoms with Crippen LogP contribution in [0.15, 0.2) is 24.3 Å². The van der Waals surface area contributed by atoms with Gasteiger partial charge in [-0.25, -0.2) is 0 Å². The number of nitrogens with one attached hydrogen (secondary N) is 1. The van der Waals surface area contributed by atoms with Crippen molar-refractivity contribution in [2.45, 2.75) is 59.0 Å². The first-order chi connectivity index (χ1) is 10.0. The fourth-order valence-electron chi connectivity index (χ4n) is 3.84. The summed E-state index contributed by atoms with van der Waals surface area (Å²) in [5.74, 6) is 0.900. The molecular formula is C19H30N2. The van der Waals surface area contributed by atoms with Crippen molar-refractivity contribution in [3.63, 3.8) is 0 Å². The van der Waals surface area contributed by atoms with E-state index in [1.54, 1.807) is 0 Å². The van der Waals surface area contributed by atoms with Crippen LogP contribution in [0.4, 0.5) is 5.69 Å². The maximum absolute atomic E-state index is 3.79. The van der Waals surface area contributed by atoms with Crippen molar-refractivity contribution >= 4 is 5.69 Å². The molecule has 2 aliphatic rings. The fraction of sp³-hybridized carbons (Fsp3) is 0.684. The van der Waals surface area contributed by atoms with Gasteiger partial charge in [0.15, 0.2) is 0 Å². The van der Waals surface area contributed by atoms with Gasteiger partial charge in [-0.1, -0.05) is 51.8 Å². The van der Waals surface area contributed by atoms with Gasteiger partial charge < -0.3 is 10.2 Å². The smallest absolute Gasteiger partial charge is 0.0412 e. The largest absolute Gasteiger partial charge is 0.369 e. The number of nitrogens with zero attached hydrogens (tertiary/aromatic N) is 1. The molecule has 1 aliphatic heterocycles. The van der Waals surface area contributed by atoms with Crippen LogP contribution in [0, 0.1) is 11.3 Å². The number of fused-ring (bicyclic) bond motifs is 1. The second kappa shape index (κ2) is 6.00. The summed E-state index contributed by atoms with van der Waals surface area (Å²) < 4.78 is 0. The van der Waals surface area contributed by atoms with Crippen LogP contribution in [0.5, 0.6) is 0 Å². The third-order valence-corrected chi connectivity index (χ3v) is 5.27. The summed E-state index contributed by atoms with van der Waals surface area (Å²) in [6.45, 7) is 10.4. The highest BCUT2D eigenvalue weighted by molar-refractivity contribution is 5.54. The highest BCUT2D eigenvalue weighted by atomic mass is 15.2. The lowest BCUT2D eigenvalue weighted by Crippen LogP contribution is -2.47. The van der Waals surface area contributed by atoms with Crippen molar-refractivity contribution in [1.29, 1.82) is 0 Å². The lowest BCUT2D eigenvalue weighted by molar-refractivity contribution is 0.270. The summed E-state index contributed by atoms with van der Waals surface area (Å²) >= 11 is 0. The van der Waals surface area contributed by atoms with E-state index in [9.17, 15) is 0 Å². The minimum Gasteiger partial charge on any atom is -0.369 e. The quantitative estimate of drug-likeness (QED) is 0.876. The van der Waals surface area contributed by atoms with E-state index >= 15 is 0 Å². The molecule has 1 unspecified atom stereocenters. The Kier molecular flexibility index (Phi) is 4.26. The summed E-state index contributed by atoms with van der Waals surface area (Å²) in [6, 6.07) is 9.52. The van der Waals surface area contributed by atoms with Crippen LogP contribution >= 0.6 is 0 Å². The van der Waals surface area contributed by atoms with Crippen LogP contribution in [0.1, 0.15) is 52.0 Å². The topological polar surface area (TPSA) is 15.3 Å². The van der Waals surface area contributed by atoms with Gasteiger partial charge in [0.05, 0.1) is 0 Å². The highest BCUT2D eigenvalue weighted by Gasteiger charge is 2.31. The third-order valence-electron chi connectivity index (χ3n) is 5.27. The molecule has 1 aromatic rings. The average molecular weight is 286 g/mol. The molecule has 0 radical (unpaired) electrons. The Morgan fingerprint density at radius 2 is 1.86 bits per heavy atom. The summed E-state index contributed by atoms with van der Waals surface area (Å²) in [6.07, 6.45) is 5.71. The second-order valence-electron chi connectivity index (χ2n) is 7.98. The van der Waals surface area contributed by atoms with Gasteiger partial charge in [-0.2, -0.15) is 0 Å². The minimum absolute atomic E-state index is 0.302. The zero-order valence-electron chi connectivity index (χ0n) is 13.9. The highest BCUT2D eigenvalue weighted by Crippen LogP contribution is 2.32. The third kappa shape index (κ3) is 3.42. The normalized spacial score (nSPS) is 24.0. The van der Waals surface area contributed by atoms with Crippen molar-refractivity contribution in [2.75, 3.05) is 18.0 Å². The van der Waals surface area contributed by atoms with Crippen molar-refractivity contribution in [2.24, 2.45) is 11.3 Å². The number of para-hydroxylation sites is 1. The molecule has 1 heterocycles. The van der Waals surface area contributed by atoms with Gasteiger partial charge in [0.1, 0.15) is 0 Å². The van der Waals surface area contributed by atoms with Gasteiger partial charge in [-0.15, -0.1) is 0 Å².